The van der Waals surface area contributed by atoms with E-state index in [4.69, 9.17) is 0 Å². The molecule has 0 aliphatic carbocycles. The molecule has 32 heavy (non-hydrogen) atoms. The van der Waals surface area contributed by atoms with Crippen LogP contribution in [0.1, 0.15) is 17.3 Å². The molecule has 0 atom stereocenters. The SMILES string of the molecule is CC(=O)Nc1ccc(NC(=O)c2cnc(-c3ccc(F)cc3)nc2-c2ccncc2)cc1. The molecule has 2 aromatic carbocycles. The highest BCUT2D eigenvalue weighted by Crippen LogP contribution is 2.25. The summed E-state index contributed by atoms with van der Waals surface area (Å²) in [6.07, 6.45) is 4.66. The summed E-state index contributed by atoms with van der Waals surface area (Å²) in [4.78, 5) is 37.1. The number of halogens is 1. The average molecular weight is 427 g/mol. The lowest BCUT2D eigenvalue weighted by molar-refractivity contribution is -0.114. The van der Waals surface area contributed by atoms with Crippen LogP contribution in [0.5, 0.6) is 0 Å². The van der Waals surface area contributed by atoms with E-state index in [2.05, 4.69) is 25.6 Å². The highest BCUT2D eigenvalue weighted by Gasteiger charge is 2.17. The van der Waals surface area contributed by atoms with Crippen molar-refractivity contribution in [2.75, 3.05) is 10.6 Å². The number of pyridine rings is 1. The van der Waals surface area contributed by atoms with Crippen LogP contribution < -0.4 is 10.6 Å². The molecule has 4 aromatic rings. The molecule has 0 fully saturated rings. The normalized spacial score (nSPS) is 10.4. The van der Waals surface area contributed by atoms with Gasteiger partial charge >= 0.3 is 0 Å². The van der Waals surface area contributed by atoms with E-state index >= 15 is 0 Å². The van der Waals surface area contributed by atoms with Gasteiger partial charge in [-0.1, -0.05) is 0 Å². The van der Waals surface area contributed by atoms with Gasteiger partial charge in [0.1, 0.15) is 5.82 Å². The summed E-state index contributed by atoms with van der Waals surface area (Å²) in [7, 11) is 0. The molecule has 0 unspecified atom stereocenters. The summed E-state index contributed by atoms with van der Waals surface area (Å²) in [5, 5.41) is 5.49. The molecule has 0 radical (unpaired) electrons. The number of rotatable bonds is 5. The van der Waals surface area contributed by atoms with Crippen molar-refractivity contribution < 1.29 is 14.0 Å². The summed E-state index contributed by atoms with van der Waals surface area (Å²) in [5.74, 6) is -0.562. The zero-order chi connectivity index (χ0) is 22.5. The molecule has 0 spiro atoms. The van der Waals surface area contributed by atoms with E-state index in [9.17, 15) is 14.0 Å². The van der Waals surface area contributed by atoms with Crippen molar-refractivity contribution >= 4 is 23.2 Å². The van der Waals surface area contributed by atoms with Gasteiger partial charge in [-0.25, -0.2) is 14.4 Å². The Bertz CT molecular complexity index is 1260. The Morgan fingerprint density at radius 3 is 2.06 bits per heavy atom. The van der Waals surface area contributed by atoms with Gasteiger partial charge in [0.2, 0.25) is 5.91 Å². The molecule has 158 valence electrons. The lowest BCUT2D eigenvalue weighted by Gasteiger charge is -2.12. The maximum atomic E-state index is 13.3. The van der Waals surface area contributed by atoms with Gasteiger partial charge in [-0.05, 0) is 60.7 Å². The van der Waals surface area contributed by atoms with Gasteiger partial charge in [0.25, 0.3) is 5.91 Å². The minimum Gasteiger partial charge on any atom is -0.326 e. The van der Waals surface area contributed by atoms with E-state index in [-0.39, 0.29) is 17.3 Å². The predicted octanol–water partition coefficient (Wildman–Crippen LogP) is 4.56. The zero-order valence-corrected chi connectivity index (χ0v) is 17.0. The van der Waals surface area contributed by atoms with Crippen LogP contribution in [0.25, 0.3) is 22.6 Å². The number of carbonyl (C=O) groups excluding carboxylic acids is 2. The van der Waals surface area contributed by atoms with E-state index in [1.807, 2.05) is 0 Å². The van der Waals surface area contributed by atoms with Crippen LogP contribution in [0.2, 0.25) is 0 Å². The van der Waals surface area contributed by atoms with Crippen LogP contribution in [0, 0.1) is 5.82 Å². The Hall–Kier alpha value is -4.46. The van der Waals surface area contributed by atoms with Crippen LogP contribution in [-0.4, -0.2) is 26.8 Å². The molecule has 0 saturated carbocycles. The molecule has 2 heterocycles. The quantitative estimate of drug-likeness (QED) is 0.487. The number of hydrogen-bond acceptors (Lipinski definition) is 5. The third-order valence-corrected chi connectivity index (χ3v) is 4.55. The van der Waals surface area contributed by atoms with Crippen LogP contribution in [-0.2, 0) is 4.79 Å². The number of anilines is 2. The predicted molar refractivity (Wildman–Crippen MR) is 119 cm³/mol. The fourth-order valence-electron chi connectivity index (χ4n) is 3.05. The van der Waals surface area contributed by atoms with Gasteiger partial charge in [-0.3, -0.25) is 14.6 Å². The van der Waals surface area contributed by atoms with Crippen LogP contribution in [0.3, 0.4) is 0 Å². The van der Waals surface area contributed by atoms with Gasteiger partial charge < -0.3 is 10.6 Å². The number of hydrogen-bond donors (Lipinski definition) is 2. The third kappa shape index (κ3) is 4.81. The Balaban J connectivity index is 1.67. The van der Waals surface area contributed by atoms with Gasteiger partial charge in [-0.15, -0.1) is 0 Å². The van der Waals surface area contributed by atoms with Gasteiger partial charge in [0.15, 0.2) is 5.82 Å². The summed E-state index contributed by atoms with van der Waals surface area (Å²) >= 11 is 0. The van der Waals surface area contributed by atoms with E-state index in [0.717, 1.165) is 0 Å². The van der Waals surface area contributed by atoms with Crippen molar-refractivity contribution in [3.63, 3.8) is 0 Å². The first kappa shape index (κ1) is 20.8. The zero-order valence-electron chi connectivity index (χ0n) is 17.0. The molecule has 2 aromatic heterocycles. The second kappa shape index (κ2) is 9.13. The number of amides is 2. The molecular weight excluding hydrogens is 409 g/mol. The van der Waals surface area contributed by atoms with Gasteiger partial charge in [-0.2, -0.15) is 0 Å². The van der Waals surface area contributed by atoms with Crippen molar-refractivity contribution in [3.8, 4) is 22.6 Å². The van der Waals surface area contributed by atoms with Crippen molar-refractivity contribution in [1.29, 1.82) is 0 Å². The third-order valence-electron chi connectivity index (χ3n) is 4.55. The fraction of sp³-hybridized carbons (Fsp3) is 0.0417. The maximum Gasteiger partial charge on any atom is 0.259 e. The van der Waals surface area contributed by atoms with Gasteiger partial charge in [0.05, 0.1) is 11.3 Å². The molecule has 2 amide bonds. The van der Waals surface area contributed by atoms with Crippen molar-refractivity contribution in [1.82, 2.24) is 15.0 Å². The molecule has 7 nitrogen and oxygen atoms in total. The number of nitrogens with one attached hydrogen (secondary N) is 2. The number of benzene rings is 2. The highest BCUT2D eigenvalue weighted by atomic mass is 19.1. The number of carbonyl (C=O) groups is 2. The lowest BCUT2D eigenvalue weighted by atomic mass is 10.1. The molecule has 0 saturated heterocycles. The molecule has 0 bridgehead atoms. The van der Waals surface area contributed by atoms with E-state index in [1.54, 1.807) is 60.9 Å². The Labute approximate surface area is 183 Å². The second-order valence-corrected chi connectivity index (χ2v) is 6.91. The van der Waals surface area contributed by atoms with Crippen molar-refractivity contribution in [2.45, 2.75) is 6.92 Å². The molecular formula is C24H18FN5O2. The standard InChI is InChI=1S/C24H18FN5O2/c1-15(31)28-19-6-8-20(9-7-19)29-24(32)21-14-27-23(17-2-4-18(25)5-3-17)30-22(21)16-10-12-26-13-11-16/h2-14H,1H3,(H,28,31)(H,29,32). The van der Waals surface area contributed by atoms with Crippen LogP contribution in [0.15, 0.2) is 79.3 Å². The van der Waals surface area contributed by atoms with E-state index in [1.165, 1.54) is 25.3 Å². The largest absolute Gasteiger partial charge is 0.326 e. The van der Waals surface area contributed by atoms with Crippen molar-refractivity contribution in [2.24, 2.45) is 0 Å². The van der Waals surface area contributed by atoms with Crippen LogP contribution >= 0.6 is 0 Å². The smallest absolute Gasteiger partial charge is 0.259 e. The minimum atomic E-state index is -0.394. The maximum absolute atomic E-state index is 13.3. The number of aromatic nitrogens is 3. The summed E-state index contributed by atoms with van der Waals surface area (Å²) in [6.45, 7) is 1.42. The first-order valence-electron chi connectivity index (χ1n) is 9.72. The summed E-state index contributed by atoms with van der Waals surface area (Å²) < 4.78 is 13.3. The Morgan fingerprint density at radius 1 is 0.812 bits per heavy atom. The molecule has 0 aliphatic heterocycles. The van der Waals surface area contributed by atoms with Gasteiger partial charge in [0, 0.05) is 48.0 Å². The first-order chi connectivity index (χ1) is 15.5. The summed E-state index contributed by atoms with van der Waals surface area (Å²) in [5.41, 5.74) is 3.19. The monoisotopic (exact) mass is 427 g/mol. The van der Waals surface area contributed by atoms with Crippen molar-refractivity contribution in [3.05, 3.63) is 90.6 Å². The number of nitrogens with zero attached hydrogens (tertiary/aromatic N) is 3. The molecule has 4 rings (SSSR count). The molecule has 2 N–H and O–H groups in total. The fourth-order valence-corrected chi connectivity index (χ4v) is 3.05. The molecule has 0 aliphatic rings. The van der Waals surface area contributed by atoms with E-state index < -0.39 is 5.91 Å². The highest BCUT2D eigenvalue weighted by molar-refractivity contribution is 6.08. The Morgan fingerprint density at radius 2 is 1.44 bits per heavy atom. The van der Waals surface area contributed by atoms with E-state index in [0.29, 0.717) is 34.0 Å². The minimum absolute atomic E-state index is 0.179. The molecule has 8 heteroatoms. The lowest BCUT2D eigenvalue weighted by Crippen LogP contribution is -2.15. The summed E-state index contributed by atoms with van der Waals surface area (Å²) in [6, 6.07) is 16.1. The average Bonchev–Trinajstić information content (AvgIpc) is 2.81. The Kier molecular flexibility index (Phi) is 5.94. The first-order valence-corrected chi connectivity index (χ1v) is 9.72. The topological polar surface area (TPSA) is 96.9 Å². The van der Waals surface area contributed by atoms with Crippen LogP contribution in [0.4, 0.5) is 15.8 Å². The second-order valence-electron chi connectivity index (χ2n) is 6.91.